The molecule has 2 rings (SSSR count). The quantitative estimate of drug-likeness (QED) is 0.750. The Hall–Kier alpha value is -1.02. The van der Waals surface area contributed by atoms with Gasteiger partial charge in [0.2, 0.25) is 0 Å². The van der Waals surface area contributed by atoms with Crippen LogP contribution in [0.4, 0.5) is 0 Å². The summed E-state index contributed by atoms with van der Waals surface area (Å²) in [5.74, 6) is -0.100. The number of carbonyl (C=O) groups is 1. The second-order valence-electron chi connectivity index (χ2n) is 5.61. The second kappa shape index (κ2) is 7.84. The lowest BCUT2D eigenvalue weighted by molar-refractivity contribution is 0.0945. The Morgan fingerprint density at radius 2 is 2.19 bits per heavy atom. The van der Waals surface area contributed by atoms with E-state index in [4.69, 9.17) is 5.73 Å². The van der Waals surface area contributed by atoms with E-state index in [-0.39, 0.29) is 11.9 Å². The van der Waals surface area contributed by atoms with Gasteiger partial charge in [0, 0.05) is 38.1 Å². The molecule has 1 aliphatic heterocycles. The fraction of sp³-hybridized carbons (Fsp3) is 0.714. The van der Waals surface area contributed by atoms with Gasteiger partial charge in [0.05, 0.1) is 6.04 Å². The molecule has 3 N–H and O–H groups in total. The van der Waals surface area contributed by atoms with Crippen molar-refractivity contribution < 1.29 is 4.79 Å². The van der Waals surface area contributed by atoms with Gasteiger partial charge in [0.15, 0.2) is 0 Å². The summed E-state index contributed by atoms with van der Waals surface area (Å²) in [5, 5.41) is 5.50. The minimum atomic E-state index is -0.117. The fourth-order valence-electron chi connectivity index (χ4n) is 2.27. The molecule has 1 atom stereocenters. The zero-order valence-corrected chi connectivity index (χ0v) is 13.7. The van der Waals surface area contributed by atoms with Crippen LogP contribution in [0.2, 0.25) is 0 Å². The zero-order chi connectivity index (χ0) is 15.2. The summed E-state index contributed by atoms with van der Waals surface area (Å²) in [6.07, 6.45) is 0.972. The molecular formula is C14H25N5OS. The number of nitrogens with one attached hydrogen (secondary N) is 1. The number of thiazole rings is 1. The molecule has 118 valence electrons. The average molecular weight is 311 g/mol. The van der Waals surface area contributed by atoms with Crippen LogP contribution in [0.5, 0.6) is 0 Å². The van der Waals surface area contributed by atoms with Crippen molar-refractivity contribution >= 4 is 17.2 Å². The van der Waals surface area contributed by atoms with Gasteiger partial charge in [-0.25, -0.2) is 4.98 Å². The van der Waals surface area contributed by atoms with Gasteiger partial charge in [-0.2, -0.15) is 0 Å². The smallest absolute Gasteiger partial charge is 0.270 e. The van der Waals surface area contributed by atoms with Crippen LogP contribution in [0.1, 0.15) is 34.9 Å². The molecule has 0 aliphatic carbocycles. The SMILES string of the molecule is CC(N)c1nc(C(=O)NCCCN2CCN(C)CC2)cs1. The zero-order valence-electron chi connectivity index (χ0n) is 12.8. The van der Waals surface area contributed by atoms with Crippen molar-refractivity contribution in [3.63, 3.8) is 0 Å². The maximum absolute atomic E-state index is 11.9. The van der Waals surface area contributed by atoms with E-state index in [0.29, 0.717) is 12.2 Å². The van der Waals surface area contributed by atoms with Crippen LogP contribution in [0.3, 0.4) is 0 Å². The van der Waals surface area contributed by atoms with Gasteiger partial charge in [0.1, 0.15) is 10.7 Å². The third kappa shape index (κ3) is 5.03. The number of hydrogen-bond acceptors (Lipinski definition) is 6. The Balaban J connectivity index is 1.65. The highest BCUT2D eigenvalue weighted by molar-refractivity contribution is 7.09. The van der Waals surface area contributed by atoms with E-state index in [2.05, 4.69) is 27.1 Å². The molecule has 6 nitrogen and oxygen atoms in total. The van der Waals surface area contributed by atoms with Crippen LogP contribution in [0, 0.1) is 0 Å². The van der Waals surface area contributed by atoms with Crippen molar-refractivity contribution in [1.29, 1.82) is 0 Å². The van der Waals surface area contributed by atoms with Crippen molar-refractivity contribution in [2.45, 2.75) is 19.4 Å². The summed E-state index contributed by atoms with van der Waals surface area (Å²) in [6.45, 7) is 8.10. The summed E-state index contributed by atoms with van der Waals surface area (Å²) in [7, 11) is 2.15. The van der Waals surface area contributed by atoms with E-state index in [1.165, 1.54) is 11.3 Å². The molecule has 0 spiro atoms. The Morgan fingerprint density at radius 3 is 2.81 bits per heavy atom. The maximum Gasteiger partial charge on any atom is 0.270 e. The van der Waals surface area contributed by atoms with Gasteiger partial charge in [-0.05, 0) is 26.9 Å². The number of hydrogen-bond donors (Lipinski definition) is 2. The van der Waals surface area contributed by atoms with Crippen molar-refractivity contribution in [3.8, 4) is 0 Å². The van der Waals surface area contributed by atoms with Gasteiger partial charge in [0.25, 0.3) is 5.91 Å². The van der Waals surface area contributed by atoms with Gasteiger partial charge in [-0.1, -0.05) is 0 Å². The van der Waals surface area contributed by atoms with Crippen LogP contribution >= 0.6 is 11.3 Å². The monoisotopic (exact) mass is 311 g/mol. The highest BCUT2D eigenvalue weighted by Crippen LogP contribution is 2.15. The molecule has 2 heterocycles. The summed E-state index contributed by atoms with van der Waals surface area (Å²) >= 11 is 1.44. The Labute approximate surface area is 130 Å². The first-order valence-corrected chi connectivity index (χ1v) is 8.34. The van der Waals surface area contributed by atoms with E-state index in [0.717, 1.165) is 44.2 Å². The number of amides is 1. The van der Waals surface area contributed by atoms with Gasteiger partial charge < -0.3 is 20.9 Å². The number of rotatable bonds is 6. The molecule has 1 aliphatic rings. The van der Waals surface area contributed by atoms with Crippen LogP contribution in [0.15, 0.2) is 5.38 Å². The Morgan fingerprint density at radius 1 is 1.48 bits per heavy atom. The second-order valence-corrected chi connectivity index (χ2v) is 6.50. The number of aromatic nitrogens is 1. The van der Waals surface area contributed by atoms with Crippen LogP contribution in [-0.2, 0) is 0 Å². The standard InChI is InChI=1S/C14H25N5OS/c1-11(15)14-17-12(10-21-14)13(20)16-4-3-5-19-8-6-18(2)7-9-19/h10-11H,3-9,15H2,1-2H3,(H,16,20). The first kappa shape index (κ1) is 16.4. The largest absolute Gasteiger partial charge is 0.351 e. The molecule has 0 saturated carbocycles. The lowest BCUT2D eigenvalue weighted by atomic mass is 10.3. The van der Waals surface area contributed by atoms with Gasteiger partial charge in [-0.3, -0.25) is 4.79 Å². The van der Waals surface area contributed by atoms with E-state index < -0.39 is 0 Å². The third-order valence-corrected chi connectivity index (χ3v) is 4.72. The number of carbonyl (C=O) groups excluding carboxylic acids is 1. The number of likely N-dealkylation sites (N-methyl/N-ethyl adjacent to an activating group) is 1. The first-order chi connectivity index (χ1) is 10.1. The molecule has 0 radical (unpaired) electrons. The molecule has 1 aromatic heterocycles. The molecule has 0 aromatic carbocycles. The van der Waals surface area contributed by atoms with E-state index >= 15 is 0 Å². The molecule has 1 fully saturated rings. The number of piperazine rings is 1. The molecular weight excluding hydrogens is 286 g/mol. The maximum atomic E-state index is 11.9. The Bertz CT molecular complexity index is 454. The van der Waals surface area contributed by atoms with Crippen molar-refractivity contribution in [2.75, 3.05) is 46.3 Å². The minimum absolute atomic E-state index is 0.100. The highest BCUT2D eigenvalue weighted by atomic mass is 32.1. The summed E-state index contributed by atoms with van der Waals surface area (Å²) in [6, 6.07) is -0.117. The first-order valence-electron chi connectivity index (χ1n) is 7.46. The van der Waals surface area contributed by atoms with Crippen LogP contribution < -0.4 is 11.1 Å². The lowest BCUT2D eigenvalue weighted by Crippen LogP contribution is -2.45. The molecule has 1 amide bonds. The lowest BCUT2D eigenvalue weighted by Gasteiger charge is -2.32. The summed E-state index contributed by atoms with van der Waals surface area (Å²) in [5.41, 5.74) is 6.23. The van der Waals surface area contributed by atoms with E-state index in [9.17, 15) is 4.79 Å². The average Bonchev–Trinajstić information content (AvgIpc) is 2.95. The third-order valence-electron chi connectivity index (χ3n) is 3.68. The summed E-state index contributed by atoms with van der Waals surface area (Å²) < 4.78 is 0. The molecule has 1 unspecified atom stereocenters. The van der Waals surface area contributed by atoms with E-state index in [1.54, 1.807) is 5.38 Å². The topological polar surface area (TPSA) is 74.5 Å². The predicted octanol–water partition coefficient (Wildman–Crippen LogP) is 0.530. The van der Waals surface area contributed by atoms with Crippen molar-refractivity contribution in [1.82, 2.24) is 20.1 Å². The van der Waals surface area contributed by atoms with Crippen molar-refractivity contribution in [2.24, 2.45) is 5.73 Å². The van der Waals surface area contributed by atoms with Crippen molar-refractivity contribution in [3.05, 3.63) is 16.1 Å². The number of nitrogens with two attached hydrogens (primary N) is 1. The van der Waals surface area contributed by atoms with Crippen LogP contribution in [0.25, 0.3) is 0 Å². The molecule has 21 heavy (non-hydrogen) atoms. The normalized spacial score (nSPS) is 18.6. The fourth-order valence-corrected chi connectivity index (χ4v) is 3.03. The van der Waals surface area contributed by atoms with Gasteiger partial charge >= 0.3 is 0 Å². The molecule has 7 heteroatoms. The molecule has 1 saturated heterocycles. The summed E-state index contributed by atoms with van der Waals surface area (Å²) in [4.78, 5) is 21.0. The number of nitrogens with zero attached hydrogens (tertiary/aromatic N) is 3. The van der Waals surface area contributed by atoms with E-state index in [1.807, 2.05) is 6.92 Å². The highest BCUT2D eigenvalue weighted by Gasteiger charge is 2.14. The predicted molar refractivity (Wildman–Crippen MR) is 85.6 cm³/mol. The van der Waals surface area contributed by atoms with Crippen LogP contribution in [-0.4, -0.2) is 67.0 Å². The minimum Gasteiger partial charge on any atom is -0.351 e. The Kier molecular flexibility index (Phi) is 6.10. The molecule has 0 bridgehead atoms. The molecule has 1 aromatic rings. The van der Waals surface area contributed by atoms with Gasteiger partial charge in [-0.15, -0.1) is 11.3 Å².